The van der Waals surface area contributed by atoms with E-state index in [-0.39, 0.29) is 27.6 Å². The lowest BCUT2D eigenvalue weighted by Gasteiger charge is -2.34. The lowest BCUT2D eigenvalue weighted by Crippen LogP contribution is -2.41. The molecule has 3 aromatic rings. The molecule has 5 heterocycles. The molecule has 2 atom stereocenters. The van der Waals surface area contributed by atoms with Crippen molar-refractivity contribution in [1.82, 2.24) is 19.7 Å². The van der Waals surface area contributed by atoms with E-state index < -0.39 is 15.9 Å². The summed E-state index contributed by atoms with van der Waals surface area (Å²) in [5.41, 5.74) is 2.61. The zero-order chi connectivity index (χ0) is 31.2. The number of pyridine rings is 3. The summed E-state index contributed by atoms with van der Waals surface area (Å²) in [4.78, 5) is 30.0. The van der Waals surface area contributed by atoms with Gasteiger partial charge in [-0.3, -0.25) is 9.78 Å². The molecule has 0 spiro atoms. The molecular weight excluding hydrogens is 560 g/mol. The smallest absolute Gasteiger partial charge is 0.281 e. The Morgan fingerprint density at radius 3 is 2.49 bits per heavy atom. The summed E-state index contributed by atoms with van der Waals surface area (Å²) in [5.74, 6) is 1.07. The van der Waals surface area contributed by atoms with Crippen LogP contribution in [0.2, 0.25) is 0 Å². The number of carbonyl (C=O) groups excluding carboxylic acids is 1. The summed E-state index contributed by atoms with van der Waals surface area (Å²) in [6.45, 7) is 15.6. The van der Waals surface area contributed by atoms with E-state index in [9.17, 15) is 13.2 Å². The van der Waals surface area contributed by atoms with Crippen molar-refractivity contribution in [2.45, 2.75) is 96.2 Å². The topological polar surface area (TPSA) is 117 Å². The Hall–Kier alpha value is -3.53. The average molecular weight is 605 g/mol. The number of nitrogens with zero attached hydrogens (tertiary/aromatic N) is 4. The van der Waals surface area contributed by atoms with Gasteiger partial charge in [-0.25, -0.2) is 14.7 Å². The zero-order valence-electron chi connectivity index (χ0n) is 26.3. The van der Waals surface area contributed by atoms with Crippen molar-refractivity contribution in [2.24, 2.45) is 11.8 Å². The van der Waals surface area contributed by atoms with Crippen molar-refractivity contribution in [3.63, 3.8) is 0 Å². The minimum atomic E-state index is -4.26. The summed E-state index contributed by atoms with van der Waals surface area (Å²) >= 11 is 0. The van der Waals surface area contributed by atoms with E-state index in [1.807, 2.05) is 12.3 Å². The summed E-state index contributed by atoms with van der Waals surface area (Å²) < 4.78 is 29.2. The third-order valence-electron chi connectivity index (χ3n) is 8.36. The Bertz CT molecular complexity index is 1600. The molecule has 5 rings (SSSR count). The fourth-order valence-corrected chi connectivity index (χ4v) is 7.12. The zero-order valence-corrected chi connectivity index (χ0v) is 27.1. The van der Waals surface area contributed by atoms with E-state index in [1.54, 1.807) is 18.2 Å². The maximum Gasteiger partial charge on any atom is 0.281 e. The van der Waals surface area contributed by atoms with Gasteiger partial charge in [-0.1, -0.05) is 46.8 Å². The maximum absolute atomic E-state index is 13.6. The molecule has 1 amide bonds. The maximum atomic E-state index is 13.6. The van der Waals surface area contributed by atoms with Crippen LogP contribution in [0.4, 0.5) is 11.6 Å². The van der Waals surface area contributed by atoms with Crippen LogP contribution < -0.4 is 14.9 Å². The van der Waals surface area contributed by atoms with E-state index in [1.165, 1.54) is 11.6 Å². The van der Waals surface area contributed by atoms with Crippen molar-refractivity contribution >= 4 is 27.6 Å². The first-order valence-corrected chi connectivity index (χ1v) is 16.7. The molecule has 230 valence electrons. The van der Waals surface area contributed by atoms with Gasteiger partial charge in [0, 0.05) is 29.4 Å². The molecule has 3 aromatic heterocycles. The summed E-state index contributed by atoms with van der Waals surface area (Å²) in [7, 11) is -4.26. The molecule has 0 aliphatic carbocycles. The Labute approximate surface area is 256 Å². The molecule has 1 saturated heterocycles. The van der Waals surface area contributed by atoms with Gasteiger partial charge in [0.25, 0.3) is 15.9 Å². The Morgan fingerprint density at radius 2 is 1.81 bits per heavy atom. The highest BCUT2D eigenvalue weighted by molar-refractivity contribution is 7.90. The number of fused-ring (bicyclic) bond motifs is 6. The molecule has 43 heavy (non-hydrogen) atoms. The molecular formula is C33H44N6O3S. The van der Waals surface area contributed by atoms with Gasteiger partial charge in [-0.2, -0.15) is 8.42 Å². The molecule has 0 aromatic carbocycles. The van der Waals surface area contributed by atoms with Crippen molar-refractivity contribution in [1.29, 1.82) is 0 Å². The van der Waals surface area contributed by atoms with Crippen LogP contribution in [-0.4, -0.2) is 41.4 Å². The Balaban J connectivity index is 1.58. The highest BCUT2D eigenvalue weighted by Gasteiger charge is 2.41. The first-order valence-electron chi connectivity index (χ1n) is 15.2. The van der Waals surface area contributed by atoms with Crippen LogP contribution in [0.25, 0.3) is 0 Å². The lowest BCUT2D eigenvalue weighted by atomic mass is 9.90. The van der Waals surface area contributed by atoms with Gasteiger partial charge in [-0.15, -0.1) is 0 Å². The third-order valence-corrected chi connectivity index (χ3v) is 9.60. The third kappa shape index (κ3) is 6.84. The molecule has 2 aliphatic rings. The molecule has 2 N–H and O–H groups in total. The normalized spacial score (nSPS) is 21.8. The standard InChI is InChI=1S/C33H44N6O3S/c1-21(2)17-22-11-14-25(34-19-22)26-15-12-23-18-33(6,7)39(20-23)30-24(13-16-27(36-30)32(3,4)5)31(40)38-43(41,42)29-10-8-9-28(35-26)37-29/h8-11,13-14,16,19,21,23,26H,12,15,17-18,20H2,1-7H3,(H,35,37)(H,38,40)/t23-,26?/m0/s1. The number of sulfonamides is 1. The number of amides is 1. The minimum Gasteiger partial charge on any atom is -0.362 e. The Morgan fingerprint density at radius 1 is 1.05 bits per heavy atom. The van der Waals surface area contributed by atoms with Crippen molar-refractivity contribution in [2.75, 3.05) is 16.8 Å². The van der Waals surface area contributed by atoms with E-state index >= 15 is 0 Å². The largest absolute Gasteiger partial charge is 0.362 e. The number of nitrogens with one attached hydrogen (secondary N) is 2. The predicted molar refractivity (Wildman–Crippen MR) is 170 cm³/mol. The number of hydrogen-bond acceptors (Lipinski definition) is 8. The second kappa shape index (κ2) is 11.5. The van der Waals surface area contributed by atoms with Crippen LogP contribution in [0.3, 0.4) is 0 Å². The van der Waals surface area contributed by atoms with Crippen LogP contribution in [0.5, 0.6) is 0 Å². The summed E-state index contributed by atoms with van der Waals surface area (Å²) in [6, 6.07) is 12.3. The second-order valence-electron chi connectivity index (χ2n) is 14.1. The quantitative estimate of drug-likeness (QED) is 0.372. The van der Waals surface area contributed by atoms with Crippen LogP contribution in [0.15, 0.2) is 53.7 Å². The second-order valence-corrected chi connectivity index (χ2v) is 15.7. The molecule has 1 fully saturated rings. The van der Waals surface area contributed by atoms with Gasteiger partial charge in [0.05, 0.1) is 17.3 Å². The summed E-state index contributed by atoms with van der Waals surface area (Å²) in [6.07, 6.45) is 5.49. The van der Waals surface area contributed by atoms with Gasteiger partial charge in [0.2, 0.25) is 0 Å². The predicted octanol–water partition coefficient (Wildman–Crippen LogP) is 6.04. The fraction of sp³-hybridized carbons (Fsp3) is 0.515. The Kier molecular flexibility index (Phi) is 8.28. The van der Waals surface area contributed by atoms with Gasteiger partial charge in [0.15, 0.2) is 5.03 Å². The van der Waals surface area contributed by atoms with Crippen molar-refractivity contribution in [3.8, 4) is 0 Å². The van der Waals surface area contributed by atoms with Crippen molar-refractivity contribution in [3.05, 3.63) is 71.2 Å². The van der Waals surface area contributed by atoms with Crippen LogP contribution in [0, 0.1) is 11.8 Å². The average Bonchev–Trinajstić information content (AvgIpc) is 3.23. The highest BCUT2D eigenvalue weighted by atomic mass is 32.2. The minimum absolute atomic E-state index is 0.173. The molecule has 10 heteroatoms. The van der Waals surface area contributed by atoms with E-state index in [0.29, 0.717) is 30.0 Å². The highest BCUT2D eigenvalue weighted by Crippen LogP contribution is 2.41. The van der Waals surface area contributed by atoms with E-state index in [4.69, 9.17) is 9.97 Å². The van der Waals surface area contributed by atoms with Gasteiger partial charge in [-0.05, 0) is 87.3 Å². The number of carbonyl (C=O) groups is 1. The molecule has 1 unspecified atom stereocenters. The van der Waals surface area contributed by atoms with Gasteiger partial charge < -0.3 is 10.2 Å². The molecule has 4 bridgehead atoms. The molecule has 9 nitrogen and oxygen atoms in total. The van der Waals surface area contributed by atoms with Gasteiger partial charge >= 0.3 is 0 Å². The van der Waals surface area contributed by atoms with E-state index in [0.717, 1.165) is 37.1 Å². The van der Waals surface area contributed by atoms with E-state index in [2.05, 4.69) is 80.5 Å². The van der Waals surface area contributed by atoms with Gasteiger partial charge in [0.1, 0.15) is 11.6 Å². The lowest BCUT2D eigenvalue weighted by molar-refractivity contribution is 0.0981. The molecule has 0 radical (unpaired) electrons. The van der Waals surface area contributed by atoms with Crippen LogP contribution >= 0.6 is 0 Å². The first kappa shape index (κ1) is 30.9. The fourth-order valence-electron chi connectivity index (χ4n) is 6.19. The number of aromatic nitrogens is 3. The van der Waals surface area contributed by atoms with Crippen molar-refractivity contribution < 1.29 is 13.2 Å². The van der Waals surface area contributed by atoms with Crippen LogP contribution in [0.1, 0.15) is 101 Å². The molecule has 2 aliphatic heterocycles. The molecule has 0 saturated carbocycles. The number of rotatable bonds is 3. The first-order chi connectivity index (χ1) is 20.1. The van der Waals surface area contributed by atoms with Crippen LogP contribution in [-0.2, 0) is 21.9 Å². The summed E-state index contributed by atoms with van der Waals surface area (Å²) in [5, 5.41) is 3.22. The number of anilines is 2. The monoisotopic (exact) mass is 604 g/mol. The number of hydrogen-bond donors (Lipinski definition) is 2. The SMILES string of the molecule is CC(C)Cc1ccc(C2CC[C@@H]3CN(c4nc(C(C)(C)C)ccc4C(=O)NS(=O)(=O)c4cccc(n4)N2)C(C)(C)C3)nc1.